The van der Waals surface area contributed by atoms with Crippen LogP contribution in [0.2, 0.25) is 0 Å². The molecular weight excluding hydrogens is 260 g/mol. The summed E-state index contributed by atoms with van der Waals surface area (Å²) >= 11 is 0. The lowest BCUT2D eigenvalue weighted by Crippen LogP contribution is -2.45. The number of hydrogen-bond donors (Lipinski definition) is 3. The van der Waals surface area contributed by atoms with Crippen molar-refractivity contribution >= 4 is 12.0 Å². The van der Waals surface area contributed by atoms with Crippen molar-refractivity contribution in [2.75, 3.05) is 13.2 Å². The Morgan fingerprint density at radius 3 is 2.70 bits per heavy atom. The highest BCUT2D eigenvalue weighted by atomic mass is 16.5. The molecule has 3 N–H and O–H groups in total. The second-order valence-corrected chi connectivity index (χ2v) is 5.37. The van der Waals surface area contributed by atoms with Gasteiger partial charge in [0.1, 0.15) is 0 Å². The van der Waals surface area contributed by atoms with Gasteiger partial charge in [-0.3, -0.25) is 4.79 Å². The molecule has 0 aromatic rings. The fourth-order valence-electron chi connectivity index (χ4n) is 2.41. The summed E-state index contributed by atoms with van der Waals surface area (Å²) in [5, 5.41) is 14.4. The highest BCUT2D eigenvalue weighted by Crippen LogP contribution is 2.15. The van der Waals surface area contributed by atoms with Crippen LogP contribution in [0.3, 0.4) is 0 Å². The molecule has 1 saturated heterocycles. The largest absolute Gasteiger partial charge is 0.481 e. The fraction of sp³-hybridized carbons (Fsp3) is 0.857. The zero-order valence-electron chi connectivity index (χ0n) is 12.4. The number of rotatable bonds is 8. The smallest absolute Gasteiger partial charge is 0.315 e. The molecular formula is C14H26N2O4. The van der Waals surface area contributed by atoms with Crippen LogP contribution in [0.15, 0.2) is 0 Å². The van der Waals surface area contributed by atoms with E-state index in [0.717, 1.165) is 19.3 Å². The van der Waals surface area contributed by atoms with Gasteiger partial charge in [-0.2, -0.15) is 0 Å². The average molecular weight is 286 g/mol. The minimum atomic E-state index is -0.760. The molecule has 0 bridgehead atoms. The van der Waals surface area contributed by atoms with Gasteiger partial charge in [-0.25, -0.2) is 4.79 Å². The fourth-order valence-corrected chi connectivity index (χ4v) is 2.41. The predicted octanol–water partition coefficient (Wildman–Crippen LogP) is 1.74. The first-order valence-electron chi connectivity index (χ1n) is 7.40. The Kier molecular flexibility index (Phi) is 7.36. The van der Waals surface area contributed by atoms with E-state index in [1.807, 2.05) is 13.8 Å². The Labute approximate surface area is 120 Å². The first-order valence-corrected chi connectivity index (χ1v) is 7.40. The van der Waals surface area contributed by atoms with E-state index in [2.05, 4.69) is 10.6 Å². The summed E-state index contributed by atoms with van der Waals surface area (Å²) in [5.74, 6) is -0.412. The third-order valence-corrected chi connectivity index (χ3v) is 3.87. The molecule has 3 unspecified atom stereocenters. The second-order valence-electron chi connectivity index (χ2n) is 5.37. The van der Waals surface area contributed by atoms with Gasteiger partial charge in [-0.15, -0.1) is 0 Å². The number of carbonyl (C=O) groups is 2. The van der Waals surface area contributed by atoms with Crippen molar-refractivity contribution in [2.45, 2.75) is 58.1 Å². The molecule has 3 atom stereocenters. The van der Waals surface area contributed by atoms with Crippen molar-refractivity contribution < 1.29 is 19.4 Å². The summed E-state index contributed by atoms with van der Waals surface area (Å²) in [6.45, 7) is 5.27. The normalized spacial score (nSPS) is 23.3. The van der Waals surface area contributed by atoms with Crippen LogP contribution in [0.25, 0.3) is 0 Å². The van der Waals surface area contributed by atoms with E-state index in [1.54, 1.807) is 0 Å². The van der Waals surface area contributed by atoms with Gasteiger partial charge < -0.3 is 20.5 Å². The summed E-state index contributed by atoms with van der Waals surface area (Å²) in [6.07, 6.45) is 3.53. The predicted molar refractivity (Wildman–Crippen MR) is 75.6 cm³/mol. The Balaban J connectivity index is 2.15. The van der Waals surface area contributed by atoms with Crippen LogP contribution in [-0.2, 0) is 9.53 Å². The quantitative estimate of drug-likeness (QED) is 0.634. The zero-order valence-corrected chi connectivity index (χ0v) is 12.4. The maximum atomic E-state index is 11.7. The molecule has 6 heteroatoms. The number of urea groups is 1. The number of nitrogens with one attached hydrogen (secondary N) is 2. The number of amides is 2. The van der Waals surface area contributed by atoms with Crippen LogP contribution in [0.4, 0.5) is 4.79 Å². The summed E-state index contributed by atoms with van der Waals surface area (Å²) in [7, 11) is 0. The van der Waals surface area contributed by atoms with E-state index < -0.39 is 5.97 Å². The third kappa shape index (κ3) is 6.23. The molecule has 6 nitrogen and oxygen atoms in total. The van der Waals surface area contributed by atoms with Gasteiger partial charge >= 0.3 is 12.0 Å². The van der Waals surface area contributed by atoms with Crippen LogP contribution in [0, 0.1) is 5.92 Å². The summed E-state index contributed by atoms with van der Waals surface area (Å²) in [5.41, 5.74) is 0. The molecule has 2 amide bonds. The molecule has 0 aromatic heterocycles. The Morgan fingerprint density at radius 1 is 1.40 bits per heavy atom. The van der Waals surface area contributed by atoms with Crippen molar-refractivity contribution in [1.82, 2.24) is 10.6 Å². The number of ether oxygens (including phenoxy) is 1. The molecule has 0 aromatic carbocycles. The van der Waals surface area contributed by atoms with Crippen molar-refractivity contribution in [1.29, 1.82) is 0 Å². The summed E-state index contributed by atoms with van der Waals surface area (Å²) in [4.78, 5) is 22.2. The molecule has 116 valence electrons. The molecule has 1 heterocycles. The van der Waals surface area contributed by atoms with E-state index in [0.29, 0.717) is 25.5 Å². The van der Waals surface area contributed by atoms with Crippen LogP contribution < -0.4 is 10.6 Å². The molecule has 1 fully saturated rings. The molecule has 1 aliphatic heterocycles. The molecule has 0 radical (unpaired) electrons. The number of hydrogen-bond acceptors (Lipinski definition) is 3. The Bertz CT molecular complexity index is 322. The minimum Gasteiger partial charge on any atom is -0.481 e. The molecule has 0 spiro atoms. The highest BCUT2D eigenvalue weighted by Gasteiger charge is 2.25. The van der Waals surface area contributed by atoms with Gasteiger partial charge in [0.15, 0.2) is 0 Å². The van der Waals surface area contributed by atoms with Crippen molar-refractivity contribution in [2.24, 2.45) is 5.92 Å². The minimum absolute atomic E-state index is 0.0692. The van der Waals surface area contributed by atoms with E-state index in [1.165, 1.54) is 0 Å². The van der Waals surface area contributed by atoms with Gasteiger partial charge in [-0.05, 0) is 32.1 Å². The standard InChI is InChI=1S/C14H26N2O4/c1-3-11(4-5-13(17)18)6-8-15-14(19)16-12-7-9-20-10(12)2/h10-12H,3-9H2,1-2H3,(H,17,18)(H2,15,16,19). The monoisotopic (exact) mass is 286 g/mol. The summed E-state index contributed by atoms with van der Waals surface area (Å²) < 4.78 is 5.38. The lowest BCUT2D eigenvalue weighted by Gasteiger charge is -2.18. The molecule has 1 rings (SSSR count). The Morgan fingerprint density at radius 2 is 2.15 bits per heavy atom. The van der Waals surface area contributed by atoms with Crippen LogP contribution in [-0.4, -0.2) is 42.4 Å². The van der Waals surface area contributed by atoms with Crippen LogP contribution >= 0.6 is 0 Å². The molecule has 20 heavy (non-hydrogen) atoms. The lowest BCUT2D eigenvalue weighted by molar-refractivity contribution is -0.137. The van der Waals surface area contributed by atoms with E-state index in [9.17, 15) is 9.59 Å². The molecule has 0 saturated carbocycles. The highest BCUT2D eigenvalue weighted by molar-refractivity contribution is 5.74. The van der Waals surface area contributed by atoms with E-state index >= 15 is 0 Å². The van der Waals surface area contributed by atoms with Gasteiger partial charge in [0.05, 0.1) is 12.1 Å². The number of carboxylic acids is 1. The van der Waals surface area contributed by atoms with Gasteiger partial charge in [0.25, 0.3) is 0 Å². The topological polar surface area (TPSA) is 87.7 Å². The number of carboxylic acid groups (broad SMARTS) is 1. The second kappa shape index (κ2) is 8.79. The lowest BCUT2D eigenvalue weighted by atomic mass is 9.97. The number of aliphatic carboxylic acids is 1. The molecule has 0 aliphatic carbocycles. The van der Waals surface area contributed by atoms with Crippen molar-refractivity contribution in [3.05, 3.63) is 0 Å². The summed E-state index contributed by atoms with van der Waals surface area (Å²) in [6, 6.07) is -0.0792. The molecule has 1 aliphatic rings. The first-order chi connectivity index (χ1) is 9.52. The SMILES string of the molecule is CCC(CCNC(=O)NC1CCOC1C)CCC(=O)O. The van der Waals surface area contributed by atoms with Gasteiger partial charge in [-0.1, -0.05) is 13.3 Å². The Hall–Kier alpha value is -1.30. The van der Waals surface area contributed by atoms with Crippen molar-refractivity contribution in [3.8, 4) is 0 Å². The maximum absolute atomic E-state index is 11.7. The maximum Gasteiger partial charge on any atom is 0.315 e. The van der Waals surface area contributed by atoms with Crippen molar-refractivity contribution in [3.63, 3.8) is 0 Å². The third-order valence-electron chi connectivity index (χ3n) is 3.87. The van der Waals surface area contributed by atoms with Crippen LogP contribution in [0.5, 0.6) is 0 Å². The zero-order chi connectivity index (χ0) is 15.0. The van der Waals surface area contributed by atoms with Gasteiger partial charge in [0.2, 0.25) is 0 Å². The van der Waals surface area contributed by atoms with Crippen LogP contribution in [0.1, 0.15) is 46.0 Å². The average Bonchev–Trinajstić information content (AvgIpc) is 2.79. The number of carbonyl (C=O) groups excluding carboxylic acids is 1. The van der Waals surface area contributed by atoms with E-state index in [-0.39, 0.29) is 24.6 Å². The van der Waals surface area contributed by atoms with E-state index in [4.69, 9.17) is 9.84 Å². The first kappa shape index (κ1) is 16.8. The van der Waals surface area contributed by atoms with Gasteiger partial charge in [0, 0.05) is 19.6 Å².